The van der Waals surface area contributed by atoms with Crippen LogP contribution in [-0.4, -0.2) is 0 Å². The van der Waals surface area contributed by atoms with Gasteiger partial charge in [0.2, 0.25) is 0 Å². The molecule has 0 fully saturated rings. The SMILES string of the molecule is CC.CC1(C)c2ccccc2-c2ccc(N(c3ccc4c(c3)C3(c5ccccc5-4)c4ccccc4-c4c3ccc3ccccc43)c3ccc4ccccc4c3)cc21. The van der Waals surface area contributed by atoms with Crippen molar-refractivity contribution in [2.75, 3.05) is 4.90 Å². The zero-order valence-corrected chi connectivity index (χ0v) is 32.8. The van der Waals surface area contributed by atoms with Crippen LogP contribution < -0.4 is 4.90 Å². The fourth-order valence-electron chi connectivity index (χ4n) is 10.6. The monoisotopic (exact) mass is 729 g/mol. The first-order valence-electron chi connectivity index (χ1n) is 20.4. The summed E-state index contributed by atoms with van der Waals surface area (Å²) in [5.74, 6) is 0. The smallest absolute Gasteiger partial charge is 0.0726 e. The molecule has 12 rings (SSSR count). The van der Waals surface area contributed by atoms with Gasteiger partial charge in [-0.2, -0.15) is 0 Å². The first-order chi connectivity index (χ1) is 28.0. The van der Waals surface area contributed by atoms with Crippen LogP contribution in [0.4, 0.5) is 17.1 Å². The van der Waals surface area contributed by atoms with E-state index in [0.717, 1.165) is 17.1 Å². The van der Waals surface area contributed by atoms with Crippen LogP contribution in [0.25, 0.3) is 54.9 Å². The van der Waals surface area contributed by atoms with Crippen LogP contribution in [0, 0.1) is 0 Å². The Balaban J connectivity index is 0.00000184. The van der Waals surface area contributed by atoms with E-state index in [1.807, 2.05) is 13.8 Å². The molecule has 0 aromatic heterocycles. The number of anilines is 3. The highest BCUT2D eigenvalue weighted by Gasteiger charge is 2.52. The van der Waals surface area contributed by atoms with Crippen molar-refractivity contribution in [3.8, 4) is 33.4 Å². The molecule has 0 N–H and O–H groups in total. The molecule has 1 spiro atoms. The molecule has 0 saturated carbocycles. The Morgan fingerprint density at radius 1 is 0.333 bits per heavy atom. The van der Waals surface area contributed by atoms with Gasteiger partial charge in [-0.05, 0) is 125 Å². The van der Waals surface area contributed by atoms with Gasteiger partial charge in [-0.25, -0.2) is 0 Å². The van der Waals surface area contributed by atoms with Crippen molar-refractivity contribution in [1.29, 1.82) is 0 Å². The minimum atomic E-state index is -0.450. The van der Waals surface area contributed by atoms with E-state index in [2.05, 4.69) is 207 Å². The van der Waals surface area contributed by atoms with Crippen LogP contribution in [0.3, 0.4) is 0 Å². The van der Waals surface area contributed by atoms with Crippen molar-refractivity contribution in [2.24, 2.45) is 0 Å². The molecule has 0 aliphatic heterocycles. The van der Waals surface area contributed by atoms with Gasteiger partial charge in [0.05, 0.1) is 5.41 Å². The third kappa shape index (κ3) is 4.51. The summed E-state index contributed by atoms with van der Waals surface area (Å²) >= 11 is 0. The molecule has 9 aromatic carbocycles. The first kappa shape index (κ1) is 33.6. The zero-order chi connectivity index (χ0) is 38.5. The Kier molecular flexibility index (Phi) is 7.32. The summed E-state index contributed by atoms with van der Waals surface area (Å²) in [5.41, 5.74) is 19.1. The topological polar surface area (TPSA) is 3.24 Å². The van der Waals surface area contributed by atoms with Gasteiger partial charge in [0.1, 0.15) is 0 Å². The summed E-state index contributed by atoms with van der Waals surface area (Å²) in [6.07, 6.45) is 0. The molecule has 1 atom stereocenters. The summed E-state index contributed by atoms with van der Waals surface area (Å²) in [6, 6.07) is 70.8. The second-order valence-electron chi connectivity index (χ2n) is 16.0. The summed E-state index contributed by atoms with van der Waals surface area (Å²) in [6.45, 7) is 8.74. The summed E-state index contributed by atoms with van der Waals surface area (Å²) in [5, 5.41) is 5.06. The van der Waals surface area contributed by atoms with Crippen LogP contribution in [0.2, 0.25) is 0 Å². The molecule has 3 aliphatic carbocycles. The summed E-state index contributed by atoms with van der Waals surface area (Å²) in [7, 11) is 0. The van der Waals surface area contributed by atoms with Crippen molar-refractivity contribution in [1.82, 2.24) is 0 Å². The number of hydrogen-bond acceptors (Lipinski definition) is 1. The Bertz CT molecular complexity index is 3090. The normalized spacial score (nSPS) is 15.9. The number of nitrogens with zero attached hydrogens (tertiary/aromatic N) is 1. The van der Waals surface area contributed by atoms with Gasteiger partial charge in [-0.15, -0.1) is 0 Å². The second kappa shape index (κ2) is 12.4. The van der Waals surface area contributed by atoms with E-state index in [1.54, 1.807) is 0 Å². The molecule has 0 amide bonds. The van der Waals surface area contributed by atoms with Crippen molar-refractivity contribution in [3.63, 3.8) is 0 Å². The van der Waals surface area contributed by atoms with Gasteiger partial charge in [0, 0.05) is 22.5 Å². The van der Waals surface area contributed by atoms with E-state index in [9.17, 15) is 0 Å². The molecular weight excluding hydrogens is 687 g/mol. The Morgan fingerprint density at radius 3 is 1.54 bits per heavy atom. The Labute approximate surface area is 335 Å². The van der Waals surface area contributed by atoms with Crippen molar-refractivity contribution >= 4 is 38.6 Å². The largest absolute Gasteiger partial charge is 0.310 e. The lowest BCUT2D eigenvalue weighted by atomic mass is 9.70. The standard InChI is InChI=1S/C54H37N.C2H6/c1-53(2)46-20-10-7-17-41(46)43-28-26-38(32-50(43)53)55(37-25-23-34-13-3-4-15-36(34)31-37)39-27-29-44-42-18-8-11-21-47(42)54(51(44)33-39)48-22-12-9-19-45(48)52-40-16-6-5-14-35(40)24-30-49(52)54;1-2/h3-33H,1-2H3;1-2H3. The minimum Gasteiger partial charge on any atom is -0.310 e. The van der Waals surface area contributed by atoms with Crippen LogP contribution in [0.1, 0.15) is 61.1 Å². The lowest BCUT2D eigenvalue weighted by Crippen LogP contribution is -2.26. The maximum Gasteiger partial charge on any atom is 0.0726 e. The summed E-state index contributed by atoms with van der Waals surface area (Å²) in [4.78, 5) is 2.49. The van der Waals surface area contributed by atoms with Crippen LogP contribution >= 0.6 is 0 Å². The highest BCUT2D eigenvalue weighted by molar-refractivity contribution is 6.06. The molecule has 0 radical (unpaired) electrons. The van der Waals surface area contributed by atoms with E-state index in [-0.39, 0.29) is 5.41 Å². The average molecular weight is 730 g/mol. The van der Waals surface area contributed by atoms with Crippen molar-refractivity contribution in [3.05, 3.63) is 221 Å². The van der Waals surface area contributed by atoms with Crippen molar-refractivity contribution in [2.45, 2.75) is 38.5 Å². The van der Waals surface area contributed by atoms with Crippen molar-refractivity contribution < 1.29 is 0 Å². The molecule has 9 aromatic rings. The number of fused-ring (bicyclic) bond motifs is 16. The fraction of sp³-hybridized carbons (Fsp3) is 0.107. The molecule has 0 bridgehead atoms. The molecule has 57 heavy (non-hydrogen) atoms. The van der Waals surface area contributed by atoms with E-state index < -0.39 is 5.41 Å². The Morgan fingerprint density at radius 2 is 0.807 bits per heavy atom. The Hall–Kier alpha value is -6.70. The second-order valence-corrected chi connectivity index (χ2v) is 16.0. The lowest BCUT2D eigenvalue weighted by Gasteiger charge is -2.32. The molecule has 1 nitrogen and oxygen atoms in total. The van der Waals surface area contributed by atoms with E-state index in [4.69, 9.17) is 0 Å². The predicted octanol–water partition coefficient (Wildman–Crippen LogP) is 15.1. The molecule has 3 aliphatic rings. The van der Waals surface area contributed by atoms with Crippen LogP contribution in [-0.2, 0) is 10.8 Å². The van der Waals surface area contributed by atoms with Crippen LogP contribution in [0.5, 0.6) is 0 Å². The van der Waals surface area contributed by atoms with Gasteiger partial charge in [0.15, 0.2) is 0 Å². The van der Waals surface area contributed by atoms with Gasteiger partial charge in [-0.3, -0.25) is 0 Å². The molecule has 1 heteroatoms. The minimum absolute atomic E-state index is 0.110. The maximum atomic E-state index is 2.51. The highest BCUT2D eigenvalue weighted by atomic mass is 15.1. The molecular formula is C56H43N. The van der Waals surface area contributed by atoms with Crippen LogP contribution in [0.15, 0.2) is 188 Å². The van der Waals surface area contributed by atoms with Gasteiger partial charge in [-0.1, -0.05) is 179 Å². The number of rotatable bonds is 3. The maximum absolute atomic E-state index is 2.51. The number of benzene rings is 9. The van der Waals surface area contributed by atoms with Gasteiger partial charge < -0.3 is 4.90 Å². The third-order valence-corrected chi connectivity index (χ3v) is 13.0. The zero-order valence-electron chi connectivity index (χ0n) is 32.8. The van der Waals surface area contributed by atoms with Gasteiger partial charge in [0.25, 0.3) is 0 Å². The van der Waals surface area contributed by atoms with E-state index in [0.29, 0.717) is 0 Å². The molecule has 272 valence electrons. The van der Waals surface area contributed by atoms with Gasteiger partial charge >= 0.3 is 0 Å². The first-order valence-corrected chi connectivity index (χ1v) is 20.4. The highest BCUT2D eigenvalue weighted by Crippen LogP contribution is 2.64. The molecule has 0 saturated heterocycles. The fourth-order valence-corrected chi connectivity index (χ4v) is 10.6. The predicted molar refractivity (Wildman–Crippen MR) is 241 cm³/mol. The molecule has 0 heterocycles. The van der Waals surface area contributed by atoms with E-state index in [1.165, 1.54) is 88.3 Å². The lowest BCUT2D eigenvalue weighted by molar-refractivity contribution is 0.660. The van der Waals surface area contributed by atoms with E-state index >= 15 is 0 Å². The molecule has 1 unspecified atom stereocenters. The number of hydrogen-bond donors (Lipinski definition) is 0. The quantitative estimate of drug-likeness (QED) is 0.175. The third-order valence-electron chi connectivity index (χ3n) is 13.0. The summed E-state index contributed by atoms with van der Waals surface area (Å²) < 4.78 is 0. The average Bonchev–Trinajstić information content (AvgIpc) is 3.83.